The zero-order chi connectivity index (χ0) is 14.3. The van der Waals surface area contributed by atoms with Crippen molar-refractivity contribution in [1.29, 1.82) is 0 Å². The Morgan fingerprint density at radius 1 is 1.63 bits per heavy atom. The standard InChI is InChI=1S/C13H21N3O3/c1-10(17)11-4-5-14-12(8-11)16(2)9-13(18)15-6-7-19-3/h4-5,8,10,17H,6-7,9H2,1-3H3,(H,15,18)/t10-/m0/s1. The van der Waals surface area contributed by atoms with Crippen molar-refractivity contribution in [3.63, 3.8) is 0 Å². The molecule has 106 valence electrons. The van der Waals surface area contributed by atoms with Crippen molar-refractivity contribution >= 4 is 11.7 Å². The summed E-state index contributed by atoms with van der Waals surface area (Å²) in [7, 11) is 3.37. The van der Waals surface area contributed by atoms with Gasteiger partial charge in [-0.05, 0) is 24.6 Å². The molecule has 0 aromatic carbocycles. The number of nitrogens with zero attached hydrogens (tertiary/aromatic N) is 2. The highest BCUT2D eigenvalue weighted by molar-refractivity contribution is 5.80. The minimum absolute atomic E-state index is 0.0937. The van der Waals surface area contributed by atoms with Crippen LogP contribution in [-0.4, -0.2) is 49.9 Å². The summed E-state index contributed by atoms with van der Waals surface area (Å²) >= 11 is 0. The third-order valence-electron chi connectivity index (χ3n) is 2.65. The number of amides is 1. The molecule has 0 spiro atoms. The van der Waals surface area contributed by atoms with E-state index in [1.807, 2.05) is 0 Å². The summed E-state index contributed by atoms with van der Waals surface area (Å²) in [4.78, 5) is 17.5. The highest BCUT2D eigenvalue weighted by Crippen LogP contribution is 2.16. The number of carbonyl (C=O) groups excluding carboxylic acids is 1. The van der Waals surface area contributed by atoms with Gasteiger partial charge in [-0.3, -0.25) is 4.79 Å². The summed E-state index contributed by atoms with van der Waals surface area (Å²) in [5.74, 6) is 0.559. The lowest BCUT2D eigenvalue weighted by molar-refractivity contribution is -0.119. The van der Waals surface area contributed by atoms with Crippen LogP contribution in [0, 0.1) is 0 Å². The third kappa shape index (κ3) is 5.23. The predicted octanol–water partition coefficient (Wildman–Crippen LogP) is 0.334. The molecule has 6 heteroatoms. The molecule has 0 unspecified atom stereocenters. The number of carbonyl (C=O) groups is 1. The topological polar surface area (TPSA) is 74.7 Å². The van der Waals surface area contributed by atoms with Crippen LogP contribution < -0.4 is 10.2 Å². The summed E-state index contributed by atoms with van der Waals surface area (Å²) in [6.07, 6.45) is 1.07. The number of aliphatic hydroxyl groups is 1. The monoisotopic (exact) mass is 267 g/mol. The first kappa shape index (κ1) is 15.4. The van der Waals surface area contributed by atoms with Crippen LogP contribution in [0.25, 0.3) is 0 Å². The number of likely N-dealkylation sites (N-methyl/N-ethyl adjacent to an activating group) is 1. The van der Waals surface area contributed by atoms with E-state index in [1.54, 1.807) is 44.3 Å². The Hall–Kier alpha value is -1.66. The Morgan fingerprint density at radius 2 is 2.37 bits per heavy atom. The van der Waals surface area contributed by atoms with Gasteiger partial charge in [0.15, 0.2) is 0 Å². The summed E-state index contributed by atoms with van der Waals surface area (Å²) in [6.45, 7) is 2.88. The Balaban J connectivity index is 2.55. The SMILES string of the molecule is COCCNC(=O)CN(C)c1cc([C@H](C)O)ccn1. The summed E-state index contributed by atoms with van der Waals surface area (Å²) in [5, 5.41) is 12.3. The molecule has 1 atom stereocenters. The normalized spacial score (nSPS) is 12.0. The number of hydrogen-bond acceptors (Lipinski definition) is 5. The number of pyridine rings is 1. The van der Waals surface area contributed by atoms with Crippen molar-refractivity contribution in [2.24, 2.45) is 0 Å². The highest BCUT2D eigenvalue weighted by Gasteiger charge is 2.10. The van der Waals surface area contributed by atoms with Crippen LogP contribution in [0.4, 0.5) is 5.82 Å². The van der Waals surface area contributed by atoms with Crippen LogP contribution in [-0.2, 0) is 9.53 Å². The van der Waals surface area contributed by atoms with E-state index in [4.69, 9.17) is 4.74 Å². The van der Waals surface area contributed by atoms with Crippen LogP contribution in [0.15, 0.2) is 18.3 Å². The molecule has 1 heterocycles. The van der Waals surface area contributed by atoms with E-state index in [2.05, 4.69) is 10.3 Å². The molecule has 1 rings (SSSR count). The minimum Gasteiger partial charge on any atom is -0.389 e. The van der Waals surface area contributed by atoms with Gasteiger partial charge in [0.2, 0.25) is 5.91 Å². The Labute approximate surface area is 113 Å². The Morgan fingerprint density at radius 3 is 3.00 bits per heavy atom. The van der Waals surface area contributed by atoms with Crippen LogP contribution in [0.1, 0.15) is 18.6 Å². The average molecular weight is 267 g/mol. The van der Waals surface area contributed by atoms with Gasteiger partial charge in [-0.1, -0.05) is 0 Å². The molecular formula is C13H21N3O3. The molecule has 6 nitrogen and oxygen atoms in total. The van der Waals surface area contributed by atoms with Crippen molar-refractivity contribution in [3.8, 4) is 0 Å². The number of hydrogen-bond donors (Lipinski definition) is 2. The molecule has 0 aliphatic heterocycles. The van der Waals surface area contributed by atoms with Crippen LogP contribution in [0.5, 0.6) is 0 Å². The summed E-state index contributed by atoms with van der Waals surface area (Å²) in [5.41, 5.74) is 0.775. The van der Waals surface area contributed by atoms with Gasteiger partial charge < -0.3 is 20.1 Å². The molecule has 1 amide bonds. The van der Waals surface area contributed by atoms with Crippen molar-refractivity contribution in [1.82, 2.24) is 10.3 Å². The number of anilines is 1. The fourth-order valence-corrected chi connectivity index (χ4v) is 1.55. The maximum absolute atomic E-state index is 11.6. The van der Waals surface area contributed by atoms with E-state index in [9.17, 15) is 9.90 Å². The lowest BCUT2D eigenvalue weighted by Gasteiger charge is -2.18. The van der Waals surface area contributed by atoms with Gasteiger partial charge >= 0.3 is 0 Å². The second-order valence-corrected chi connectivity index (χ2v) is 4.32. The fraction of sp³-hybridized carbons (Fsp3) is 0.538. The molecule has 0 saturated heterocycles. The molecule has 1 aromatic rings. The summed E-state index contributed by atoms with van der Waals surface area (Å²) in [6, 6.07) is 3.52. The summed E-state index contributed by atoms with van der Waals surface area (Å²) < 4.78 is 4.86. The van der Waals surface area contributed by atoms with Crippen molar-refractivity contribution < 1.29 is 14.6 Å². The molecule has 0 saturated carbocycles. The molecule has 0 radical (unpaired) electrons. The van der Waals surface area contributed by atoms with E-state index in [0.29, 0.717) is 19.0 Å². The second-order valence-electron chi connectivity index (χ2n) is 4.32. The van der Waals surface area contributed by atoms with Gasteiger partial charge in [0.1, 0.15) is 5.82 Å². The van der Waals surface area contributed by atoms with Crippen molar-refractivity contribution in [2.75, 3.05) is 38.8 Å². The average Bonchev–Trinajstić information content (AvgIpc) is 2.39. The first-order valence-corrected chi connectivity index (χ1v) is 6.15. The molecular weight excluding hydrogens is 246 g/mol. The maximum Gasteiger partial charge on any atom is 0.239 e. The largest absolute Gasteiger partial charge is 0.389 e. The lowest BCUT2D eigenvalue weighted by atomic mass is 10.2. The third-order valence-corrected chi connectivity index (χ3v) is 2.65. The van der Waals surface area contributed by atoms with E-state index in [-0.39, 0.29) is 12.5 Å². The lowest BCUT2D eigenvalue weighted by Crippen LogP contribution is -2.37. The van der Waals surface area contributed by atoms with Crippen LogP contribution in [0.3, 0.4) is 0 Å². The number of aromatic nitrogens is 1. The van der Waals surface area contributed by atoms with E-state index in [1.165, 1.54) is 0 Å². The Kier molecular flexibility index (Phi) is 6.24. The number of aliphatic hydroxyl groups excluding tert-OH is 1. The maximum atomic E-state index is 11.6. The van der Waals surface area contributed by atoms with Crippen LogP contribution >= 0.6 is 0 Å². The zero-order valence-corrected chi connectivity index (χ0v) is 11.6. The molecule has 2 N–H and O–H groups in total. The minimum atomic E-state index is -0.550. The Bertz CT molecular complexity index is 410. The van der Waals surface area contributed by atoms with Crippen molar-refractivity contribution in [3.05, 3.63) is 23.9 Å². The number of nitrogens with one attached hydrogen (secondary N) is 1. The van der Waals surface area contributed by atoms with E-state index in [0.717, 1.165) is 5.56 Å². The zero-order valence-electron chi connectivity index (χ0n) is 11.6. The van der Waals surface area contributed by atoms with E-state index < -0.39 is 6.10 Å². The first-order chi connectivity index (χ1) is 9.04. The quantitative estimate of drug-likeness (QED) is 0.697. The van der Waals surface area contributed by atoms with E-state index >= 15 is 0 Å². The molecule has 0 aliphatic rings. The molecule has 0 fully saturated rings. The van der Waals surface area contributed by atoms with Crippen molar-refractivity contribution in [2.45, 2.75) is 13.0 Å². The number of methoxy groups -OCH3 is 1. The van der Waals surface area contributed by atoms with Gasteiger partial charge in [0.05, 0.1) is 19.3 Å². The first-order valence-electron chi connectivity index (χ1n) is 6.15. The van der Waals surface area contributed by atoms with Crippen LogP contribution in [0.2, 0.25) is 0 Å². The van der Waals surface area contributed by atoms with Gasteiger partial charge in [0.25, 0.3) is 0 Å². The molecule has 19 heavy (non-hydrogen) atoms. The second kappa shape index (κ2) is 7.70. The van der Waals surface area contributed by atoms with Gasteiger partial charge in [-0.15, -0.1) is 0 Å². The number of ether oxygens (including phenoxy) is 1. The highest BCUT2D eigenvalue weighted by atomic mass is 16.5. The number of rotatable bonds is 7. The smallest absolute Gasteiger partial charge is 0.239 e. The predicted molar refractivity (Wildman–Crippen MR) is 73.0 cm³/mol. The van der Waals surface area contributed by atoms with Gasteiger partial charge in [0, 0.05) is 26.9 Å². The molecule has 0 aliphatic carbocycles. The van der Waals surface area contributed by atoms with Gasteiger partial charge in [-0.25, -0.2) is 4.98 Å². The molecule has 0 bridgehead atoms. The fourth-order valence-electron chi connectivity index (χ4n) is 1.55. The molecule has 1 aromatic heterocycles. The van der Waals surface area contributed by atoms with Gasteiger partial charge in [-0.2, -0.15) is 0 Å².